The lowest BCUT2D eigenvalue weighted by atomic mass is 10.2. The third-order valence-electron chi connectivity index (χ3n) is 1.99. The minimum Gasteiger partial charge on any atom is -0.591 e. The van der Waals surface area contributed by atoms with Crippen LogP contribution in [-0.2, 0) is 11.4 Å². The van der Waals surface area contributed by atoms with Crippen LogP contribution >= 0.6 is 0 Å². The van der Waals surface area contributed by atoms with Crippen molar-refractivity contribution in [3.8, 4) is 5.75 Å². The summed E-state index contributed by atoms with van der Waals surface area (Å²) in [5.41, 5.74) is 0.328. The number of hydrogen-bond donors (Lipinski definition) is 0. The van der Waals surface area contributed by atoms with E-state index in [0.717, 1.165) is 12.1 Å². The molecule has 1 aromatic carbocycles. The molecule has 1 aromatic rings. The van der Waals surface area contributed by atoms with Gasteiger partial charge < -0.3 is 9.29 Å². The van der Waals surface area contributed by atoms with Gasteiger partial charge in [-0.25, -0.2) is 4.39 Å². The van der Waals surface area contributed by atoms with Crippen LogP contribution in [0, 0.1) is 5.82 Å². The zero-order chi connectivity index (χ0) is 14.6. The smallest absolute Gasteiger partial charge is 0.387 e. The average Bonchev–Trinajstić information content (AvgIpc) is 2.27. The summed E-state index contributed by atoms with van der Waals surface area (Å²) in [5, 5.41) is 0. The number of nitrogens with zero attached hydrogens (tertiary/aromatic N) is 1. The Balaban J connectivity index is 2.88. The van der Waals surface area contributed by atoms with Crippen molar-refractivity contribution in [1.29, 1.82) is 0 Å². The first-order chi connectivity index (χ1) is 8.70. The Hall–Kier alpha value is -1.21. The van der Waals surface area contributed by atoms with Gasteiger partial charge >= 0.3 is 6.61 Å². The average molecular weight is 293 g/mol. The third-order valence-corrected chi connectivity index (χ3v) is 3.34. The molecule has 0 unspecified atom stereocenters. The normalized spacial score (nSPS) is 14.1. The summed E-state index contributed by atoms with van der Waals surface area (Å²) < 4.78 is 56.2. The van der Waals surface area contributed by atoms with Crippen molar-refractivity contribution in [2.24, 2.45) is 4.40 Å². The van der Waals surface area contributed by atoms with Crippen molar-refractivity contribution in [1.82, 2.24) is 0 Å². The number of ether oxygens (including phenoxy) is 1. The van der Waals surface area contributed by atoms with Crippen LogP contribution < -0.4 is 4.74 Å². The summed E-state index contributed by atoms with van der Waals surface area (Å²) in [6.07, 6.45) is 1.24. The monoisotopic (exact) mass is 293 g/mol. The lowest BCUT2D eigenvalue weighted by Crippen LogP contribution is -2.25. The molecular weight excluding hydrogens is 279 g/mol. The minimum atomic E-state index is -3.11. The molecule has 0 aliphatic rings. The van der Waals surface area contributed by atoms with E-state index in [2.05, 4.69) is 9.13 Å². The number of rotatable bonds is 4. The van der Waals surface area contributed by atoms with Crippen LogP contribution in [0.2, 0.25) is 0 Å². The molecule has 0 N–H and O–H groups in total. The van der Waals surface area contributed by atoms with Gasteiger partial charge in [0.1, 0.15) is 16.1 Å². The van der Waals surface area contributed by atoms with Crippen LogP contribution in [-0.4, -0.2) is 22.1 Å². The van der Waals surface area contributed by atoms with Crippen LogP contribution in [0.1, 0.15) is 26.3 Å². The molecule has 3 nitrogen and oxygen atoms in total. The quantitative estimate of drug-likeness (QED) is 0.631. The molecule has 0 aliphatic heterocycles. The van der Waals surface area contributed by atoms with E-state index < -0.39 is 34.3 Å². The van der Waals surface area contributed by atoms with Gasteiger partial charge in [0.2, 0.25) is 0 Å². The SMILES string of the molecule is CC(C)(C)[S@@+]([O-])/N=C/c1ccc(F)c(OC(F)F)c1. The van der Waals surface area contributed by atoms with Crippen LogP contribution in [0.5, 0.6) is 5.75 Å². The van der Waals surface area contributed by atoms with E-state index >= 15 is 0 Å². The lowest BCUT2D eigenvalue weighted by Gasteiger charge is -2.17. The molecule has 0 aliphatic carbocycles. The van der Waals surface area contributed by atoms with Gasteiger partial charge in [-0.05, 0) is 32.9 Å². The topological polar surface area (TPSA) is 44.7 Å². The van der Waals surface area contributed by atoms with E-state index in [1.165, 1.54) is 12.3 Å². The van der Waals surface area contributed by atoms with Gasteiger partial charge in [-0.15, -0.1) is 0 Å². The summed E-state index contributed by atoms with van der Waals surface area (Å²) >= 11 is -1.47. The van der Waals surface area contributed by atoms with E-state index in [4.69, 9.17) is 0 Å². The maximum atomic E-state index is 13.2. The highest BCUT2D eigenvalue weighted by atomic mass is 32.2. The highest BCUT2D eigenvalue weighted by molar-refractivity contribution is 7.91. The first-order valence-electron chi connectivity index (χ1n) is 5.40. The molecule has 0 heterocycles. The zero-order valence-corrected chi connectivity index (χ0v) is 11.5. The molecule has 1 atom stereocenters. The fourth-order valence-electron chi connectivity index (χ4n) is 1.05. The fraction of sp³-hybridized carbons (Fsp3) is 0.417. The number of halogens is 3. The Morgan fingerprint density at radius 2 is 2.00 bits per heavy atom. The number of alkyl halides is 2. The van der Waals surface area contributed by atoms with E-state index in [-0.39, 0.29) is 0 Å². The number of hydrogen-bond acceptors (Lipinski definition) is 3. The van der Waals surface area contributed by atoms with Gasteiger partial charge in [0.25, 0.3) is 0 Å². The second kappa shape index (κ2) is 6.29. The van der Waals surface area contributed by atoms with E-state index in [9.17, 15) is 17.7 Å². The third kappa shape index (κ3) is 5.12. The highest BCUT2D eigenvalue weighted by Gasteiger charge is 2.25. The molecule has 106 valence electrons. The van der Waals surface area contributed by atoms with Crippen LogP contribution in [0.3, 0.4) is 0 Å². The predicted octanol–water partition coefficient (Wildman–Crippen LogP) is 3.31. The summed E-state index contributed by atoms with van der Waals surface area (Å²) in [4.78, 5) is 0. The van der Waals surface area contributed by atoms with Crippen molar-refractivity contribution in [2.45, 2.75) is 32.1 Å². The highest BCUT2D eigenvalue weighted by Crippen LogP contribution is 2.21. The van der Waals surface area contributed by atoms with Gasteiger partial charge in [0.15, 0.2) is 11.6 Å². The Morgan fingerprint density at radius 3 is 2.53 bits per heavy atom. The zero-order valence-electron chi connectivity index (χ0n) is 10.7. The van der Waals surface area contributed by atoms with Gasteiger partial charge in [0, 0.05) is 5.56 Å². The standard InChI is InChI=1S/C12H14F3NO2S/c1-12(2,3)19(17)16-7-8-4-5-9(13)10(6-8)18-11(14)15/h4-7,11H,1-3H3/b16-7+/t19-/m1/s1. The second-order valence-electron chi connectivity index (χ2n) is 4.66. The number of benzene rings is 1. The molecule has 0 aromatic heterocycles. The molecule has 1 rings (SSSR count). The molecular formula is C12H14F3NO2S. The van der Waals surface area contributed by atoms with E-state index in [1.807, 2.05) is 0 Å². The summed E-state index contributed by atoms with van der Waals surface area (Å²) in [6.45, 7) is 2.13. The van der Waals surface area contributed by atoms with Crippen LogP contribution in [0.4, 0.5) is 13.2 Å². The Bertz CT molecular complexity index is 461. The van der Waals surface area contributed by atoms with Crippen molar-refractivity contribution in [3.05, 3.63) is 29.6 Å². The van der Waals surface area contributed by atoms with Crippen LogP contribution in [0.25, 0.3) is 0 Å². The molecule has 0 bridgehead atoms. The molecule has 0 saturated carbocycles. The van der Waals surface area contributed by atoms with Gasteiger partial charge in [0.05, 0.1) is 6.21 Å². The predicted molar refractivity (Wildman–Crippen MR) is 68.5 cm³/mol. The molecule has 0 radical (unpaired) electrons. The van der Waals surface area contributed by atoms with E-state index in [0.29, 0.717) is 5.56 Å². The van der Waals surface area contributed by atoms with Crippen molar-refractivity contribution in [3.63, 3.8) is 0 Å². The Kier molecular flexibility index (Phi) is 5.25. The molecule has 0 spiro atoms. The van der Waals surface area contributed by atoms with E-state index in [1.54, 1.807) is 20.8 Å². The van der Waals surface area contributed by atoms with Crippen molar-refractivity contribution < 1.29 is 22.5 Å². The molecule has 19 heavy (non-hydrogen) atoms. The van der Waals surface area contributed by atoms with Crippen LogP contribution in [0.15, 0.2) is 22.6 Å². The maximum Gasteiger partial charge on any atom is 0.387 e. The first kappa shape index (κ1) is 15.8. The lowest BCUT2D eigenvalue weighted by molar-refractivity contribution is -0.0521. The van der Waals surface area contributed by atoms with Crippen molar-refractivity contribution in [2.75, 3.05) is 0 Å². The largest absolute Gasteiger partial charge is 0.591 e. The van der Waals surface area contributed by atoms with Crippen molar-refractivity contribution >= 4 is 17.6 Å². The molecule has 7 heteroatoms. The Morgan fingerprint density at radius 1 is 1.37 bits per heavy atom. The van der Waals surface area contributed by atoms with Gasteiger partial charge in [-0.3, -0.25) is 0 Å². The van der Waals surface area contributed by atoms with Gasteiger partial charge in [-0.2, -0.15) is 8.78 Å². The maximum absolute atomic E-state index is 13.2. The molecule has 0 fully saturated rings. The minimum absolute atomic E-state index is 0.328. The molecule has 0 amide bonds. The summed E-state index contributed by atoms with van der Waals surface area (Å²) in [7, 11) is 0. The molecule has 0 saturated heterocycles. The second-order valence-corrected chi connectivity index (χ2v) is 6.60. The van der Waals surface area contributed by atoms with Gasteiger partial charge in [-0.1, -0.05) is 10.5 Å². The summed E-state index contributed by atoms with van der Waals surface area (Å²) in [6, 6.07) is 3.39. The first-order valence-corrected chi connectivity index (χ1v) is 6.51. The summed E-state index contributed by atoms with van der Waals surface area (Å²) in [5.74, 6) is -1.46. The fourth-order valence-corrected chi connectivity index (χ4v) is 1.59. The Labute approximate surface area is 112 Å².